The Bertz CT molecular complexity index is 1260. The molecule has 0 bridgehead atoms. The fraction of sp³-hybridized carbons (Fsp3) is 0.278. The van der Waals surface area contributed by atoms with Crippen LogP contribution >= 0.6 is 0 Å². The van der Waals surface area contributed by atoms with E-state index in [2.05, 4.69) is 25.3 Å². The summed E-state index contributed by atoms with van der Waals surface area (Å²) in [5, 5.41) is 11.8. The Morgan fingerprint density at radius 3 is 2.90 bits per heavy atom. The van der Waals surface area contributed by atoms with Crippen molar-refractivity contribution in [3.63, 3.8) is 0 Å². The van der Waals surface area contributed by atoms with Gasteiger partial charge in [-0.15, -0.1) is 10.2 Å². The van der Waals surface area contributed by atoms with Gasteiger partial charge in [0, 0.05) is 31.8 Å². The van der Waals surface area contributed by atoms with Crippen LogP contribution in [0.1, 0.15) is 45.3 Å². The number of rotatable bonds is 2. The molecule has 0 spiro atoms. The topological polar surface area (TPSA) is 105 Å². The van der Waals surface area contributed by atoms with Crippen LogP contribution in [0, 0.1) is 6.92 Å². The molecular formula is C18H14F3N7O2. The van der Waals surface area contributed by atoms with Crippen molar-refractivity contribution < 1.29 is 22.4 Å². The van der Waals surface area contributed by atoms with Crippen molar-refractivity contribution in [1.29, 1.82) is 0 Å². The minimum atomic E-state index is -4.54. The third kappa shape index (κ3) is 2.83. The lowest BCUT2D eigenvalue weighted by molar-refractivity contribution is -0.136. The highest BCUT2D eigenvalue weighted by Gasteiger charge is 2.39. The van der Waals surface area contributed by atoms with Crippen LogP contribution in [0.3, 0.4) is 0 Å². The van der Waals surface area contributed by atoms with Crippen molar-refractivity contribution in [2.24, 2.45) is 0 Å². The Balaban J connectivity index is 1.65. The minimum absolute atomic E-state index is 0.108. The minimum Gasteiger partial charge on any atom is -0.417 e. The van der Waals surface area contributed by atoms with Crippen LogP contribution in [-0.2, 0) is 12.6 Å². The van der Waals surface area contributed by atoms with Crippen molar-refractivity contribution in [2.75, 3.05) is 6.54 Å². The van der Waals surface area contributed by atoms with Gasteiger partial charge in [-0.2, -0.15) is 18.3 Å². The van der Waals surface area contributed by atoms with Gasteiger partial charge in [0.05, 0.1) is 28.8 Å². The fourth-order valence-electron chi connectivity index (χ4n) is 3.71. The summed E-state index contributed by atoms with van der Waals surface area (Å²) in [7, 11) is 0. The average Bonchev–Trinajstić information content (AvgIpc) is 3.43. The highest BCUT2D eigenvalue weighted by molar-refractivity contribution is 5.90. The number of imidazole rings is 1. The van der Waals surface area contributed by atoms with Gasteiger partial charge in [0.25, 0.3) is 0 Å². The normalized spacial score (nSPS) is 16.8. The zero-order valence-electron chi connectivity index (χ0n) is 15.5. The van der Waals surface area contributed by atoms with Gasteiger partial charge in [0.1, 0.15) is 6.04 Å². The molecule has 5 heterocycles. The monoisotopic (exact) mass is 417 g/mol. The molecule has 1 aliphatic rings. The highest BCUT2D eigenvalue weighted by atomic mass is 19.4. The van der Waals surface area contributed by atoms with Crippen molar-refractivity contribution in [3.05, 3.63) is 65.1 Å². The molecule has 9 nitrogen and oxygen atoms in total. The number of aromatic nitrogens is 6. The number of H-pyrrole nitrogens is 1. The van der Waals surface area contributed by atoms with E-state index in [9.17, 15) is 18.0 Å². The van der Waals surface area contributed by atoms with E-state index < -0.39 is 23.7 Å². The van der Waals surface area contributed by atoms with Gasteiger partial charge in [-0.05, 0) is 18.2 Å². The van der Waals surface area contributed by atoms with E-state index >= 15 is 0 Å². The number of hydrogen-bond donors (Lipinski definition) is 1. The average molecular weight is 417 g/mol. The number of fused-ring (bicyclic) bond motifs is 2. The molecule has 4 aromatic heterocycles. The number of alkyl halides is 3. The van der Waals surface area contributed by atoms with Crippen molar-refractivity contribution in [2.45, 2.75) is 25.6 Å². The number of carbonyl (C=O) groups excluding carboxylic acids is 1. The SMILES string of the molecule is Cc1nnc(C(=O)N2CCc3[nH]cnc3[C@@H]2c2cc3c(C(F)(F)F)cccn3n2)o1. The number of amides is 1. The molecule has 0 radical (unpaired) electrons. The molecule has 1 aliphatic heterocycles. The zero-order valence-corrected chi connectivity index (χ0v) is 15.5. The van der Waals surface area contributed by atoms with E-state index in [1.54, 1.807) is 6.92 Å². The molecule has 0 saturated heterocycles. The summed E-state index contributed by atoms with van der Waals surface area (Å²) in [4.78, 5) is 21.8. The molecule has 5 rings (SSSR count). The maximum atomic E-state index is 13.4. The Hall–Kier alpha value is -3.70. The number of aryl methyl sites for hydroxylation is 1. The van der Waals surface area contributed by atoms with Gasteiger partial charge in [0.2, 0.25) is 5.89 Å². The second kappa shape index (κ2) is 6.40. The van der Waals surface area contributed by atoms with E-state index in [1.807, 2.05) is 0 Å². The van der Waals surface area contributed by atoms with Crippen LogP contribution in [0.15, 0.2) is 35.1 Å². The molecule has 4 aromatic rings. The van der Waals surface area contributed by atoms with Gasteiger partial charge in [-0.25, -0.2) is 9.50 Å². The van der Waals surface area contributed by atoms with Crippen LogP contribution < -0.4 is 0 Å². The molecule has 0 aromatic carbocycles. The Morgan fingerprint density at radius 1 is 1.33 bits per heavy atom. The maximum absolute atomic E-state index is 13.4. The summed E-state index contributed by atoms with van der Waals surface area (Å²) in [6, 6.07) is 2.79. The van der Waals surface area contributed by atoms with Gasteiger partial charge < -0.3 is 14.3 Å². The molecule has 154 valence electrons. The molecule has 12 heteroatoms. The molecular weight excluding hydrogens is 403 g/mol. The van der Waals surface area contributed by atoms with E-state index in [0.29, 0.717) is 12.1 Å². The van der Waals surface area contributed by atoms with Gasteiger partial charge >= 0.3 is 18.0 Å². The first-order chi connectivity index (χ1) is 14.3. The second-order valence-electron chi connectivity index (χ2n) is 6.86. The number of aromatic amines is 1. The molecule has 0 fully saturated rings. The third-order valence-electron chi connectivity index (χ3n) is 5.00. The summed E-state index contributed by atoms with van der Waals surface area (Å²) in [6.07, 6.45) is -1.14. The first-order valence-electron chi connectivity index (χ1n) is 9.01. The largest absolute Gasteiger partial charge is 0.418 e. The Kier molecular flexibility index (Phi) is 3.91. The van der Waals surface area contributed by atoms with Crippen molar-refractivity contribution in [3.8, 4) is 0 Å². The molecule has 0 aliphatic carbocycles. The summed E-state index contributed by atoms with van der Waals surface area (Å²) in [6.45, 7) is 1.84. The fourth-order valence-corrected chi connectivity index (χ4v) is 3.71. The predicted molar refractivity (Wildman–Crippen MR) is 94.4 cm³/mol. The Labute approximate surface area is 166 Å². The van der Waals surface area contributed by atoms with E-state index in [1.165, 1.54) is 29.6 Å². The van der Waals surface area contributed by atoms with Crippen molar-refractivity contribution in [1.82, 2.24) is 34.7 Å². The maximum Gasteiger partial charge on any atom is 0.418 e. The van der Waals surface area contributed by atoms with E-state index in [4.69, 9.17) is 4.42 Å². The first kappa shape index (κ1) is 18.3. The number of halogens is 3. The molecule has 1 atom stereocenters. The standard InChI is InChI=1S/C18H14F3N7O2/c1-9-24-25-16(30-9)17(29)27-6-4-11-14(23-8-22-11)15(27)12-7-13-10(18(19,20)21)3-2-5-28(13)26-12/h2-3,5,7-8,15H,4,6H2,1H3,(H,22,23)/t15-/m0/s1. The smallest absolute Gasteiger partial charge is 0.417 e. The molecule has 30 heavy (non-hydrogen) atoms. The lowest BCUT2D eigenvalue weighted by atomic mass is 9.99. The molecule has 1 N–H and O–H groups in total. The van der Waals surface area contributed by atoms with Gasteiger partial charge in [0.15, 0.2) is 0 Å². The van der Waals surface area contributed by atoms with E-state index in [-0.39, 0.29) is 29.5 Å². The van der Waals surface area contributed by atoms with Crippen LogP contribution in [-0.4, -0.2) is 47.1 Å². The number of carbonyl (C=O) groups is 1. The summed E-state index contributed by atoms with van der Waals surface area (Å²) in [5.74, 6) is -0.506. The zero-order chi connectivity index (χ0) is 21.0. The molecule has 0 unspecified atom stereocenters. The lowest BCUT2D eigenvalue weighted by Crippen LogP contribution is -2.41. The predicted octanol–water partition coefficient (Wildman–Crippen LogP) is 2.56. The van der Waals surface area contributed by atoms with Gasteiger partial charge in [-0.3, -0.25) is 4.79 Å². The lowest BCUT2D eigenvalue weighted by Gasteiger charge is -2.32. The van der Waals surface area contributed by atoms with Gasteiger partial charge in [-0.1, -0.05) is 0 Å². The number of nitrogens with zero attached hydrogens (tertiary/aromatic N) is 6. The second-order valence-corrected chi connectivity index (χ2v) is 6.86. The quantitative estimate of drug-likeness (QED) is 0.538. The molecule has 1 amide bonds. The summed E-state index contributed by atoms with van der Waals surface area (Å²) < 4.78 is 46.7. The van der Waals surface area contributed by atoms with Crippen LogP contribution in [0.2, 0.25) is 0 Å². The number of nitrogens with one attached hydrogen (secondary N) is 1. The number of hydrogen-bond acceptors (Lipinski definition) is 6. The highest BCUT2D eigenvalue weighted by Crippen LogP contribution is 2.37. The molecule has 0 saturated carbocycles. The van der Waals surface area contributed by atoms with E-state index in [0.717, 1.165) is 16.3 Å². The number of pyridine rings is 1. The van der Waals surface area contributed by atoms with Crippen LogP contribution in [0.25, 0.3) is 5.52 Å². The third-order valence-corrected chi connectivity index (χ3v) is 5.00. The first-order valence-corrected chi connectivity index (χ1v) is 9.01. The Morgan fingerprint density at radius 2 is 2.17 bits per heavy atom. The van der Waals surface area contributed by atoms with Crippen LogP contribution in [0.5, 0.6) is 0 Å². The van der Waals surface area contributed by atoms with Crippen molar-refractivity contribution >= 4 is 11.4 Å². The van der Waals surface area contributed by atoms with Crippen LogP contribution in [0.4, 0.5) is 13.2 Å². The summed E-state index contributed by atoms with van der Waals surface area (Å²) in [5.41, 5.74) is 0.641. The summed E-state index contributed by atoms with van der Waals surface area (Å²) >= 11 is 0.